The molecule has 0 bridgehead atoms. The molecule has 0 heterocycles. The third kappa shape index (κ3) is 11.8. The van der Waals surface area contributed by atoms with Gasteiger partial charge in [-0.1, -0.05) is 20.8 Å². The Kier molecular flexibility index (Phi) is 5.49. The van der Waals surface area contributed by atoms with Crippen molar-refractivity contribution in [3.8, 4) is 0 Å². The molecule has 0 unspecified atom stereocenters. The fourth-order valence-corrected chi connectivity index (χ4v) is 1.04. The summed E-state index contributed by atoms with van der Waals surface area (Å²) in [6.07, 6.45) is -3.84. The van der Waals surface area contributed by atoms with Gasteiger partial charge in [0.15, 0.2) is 0 Å². The van der Waals surface area contributed by atoms with Crippen molar-refractivity contribution in [1.29, 1.82) is 0 Å². The maximum Gasteiger partial charge on any atom is 0.389 e. The molecule has 0 radical (unpaired) electrons. The lowest BCUT2D eigenvalue weighted by Crippen LogP contribution is -2.27. The van der Waals surface area contributed by atoms with Crippen molar-refractivity contribution in [2.75, 3.05) is 13.1 Å². The molecule has 0 aromatic heterocycles. The first-order valence-corrected chi connectivity index (χ1v) is 4.98. The highest BCUT2D eigenvalue weighted by atomic mass is 19.4. The Bertz CT molecular complexity index is 128. The monoisotopic (exact) mass is 211 g/mol. The molecule has 1 nitrogen and oxygen atoms in total. The minimum absolute atomic E-state index is 0.198. The number of halogens is 3. The zero-order valence-electron chi connectivity index (χ0n) is 9.17. The molecule has 0 aliphatic heterocycles. The van der Waals surface area contributed by atoms with Gasteiger partial charge in [0.1, 0.15) is 0 Å². The van der Waals surface area contributed by atoms with Crippen molar-refractivity contribution in [3.05, 3.63) is 0 Å². The van der Waals surface area contributed by atoms with Crippen LogP contribution in [0.4, 0.5) is 13.2 Å². The van der Waals surface area contributed by atoms with Crippen LogP contribution in [0, 0.1) is 5.41 Å². The Morgan fingerprint density at radius 2 is 1.57 bits per heavy atom. The Balaban J connectivity index is 3.23. The van der Waals surface area contributed by atoms with Crippen LogP contribution in [0.25, 0.3) is 0 Å². The van der Waals surface area contributed by atoms with E-state index in [0.29, 0.717) is 13.0 Å². The second-order valence-corrected chi connectivity index (χ2v) is 4.81. The van der Waals surface area contributed by atoms with E-state index in [2.05, 4.69) is 26.1 Å². The molecule has 1 N–H and O–H groups in total. The molecule has 0 rings (SSSR count). The maximum absolute atomic E-state index is 11.7. The predicted molar refractivity (Wildman–Crippen MR) is 52.2 cm³/mol. The van der Waals surface area contributed by atoms with E-state index < -0.39 is 12.6 Å². The van der Waals surface area contributed by atoms with Gasteiger partial charge in [0.25, 0.3) is 0 Å². The summed E-state index contributed by atoms with van der Waals surface area (Å²) in [5.74, 6) is 0. The second-order valence-electron chi connectivity index (χ2n) is 4.81. The fourth-order valence-electron chi connectivity index (χ4n) is 1.04. The number of rotatable bonds is 5. The van der Waals surface area contributed by atoms with Gasteiger partial charge in [-0.05, 0) is 31.3 Å². The molecule has 86 valence electrons. The second kappa shape index (κ2) is 5.59. The van der Waals surface area contributed by atoms with Gasteiger partial charge in [-0.15, -0.1) is 0 Å². The van der Waals surface area contributed by atoms with E-state index in [-0.39, 0.29) is 11.8 Å². The van der Waals surface area contributed by atoms with Gasteiger partial charge < -0.3 is 5.32 Å². The molecule has 0 atom stereocenters. The van der Waals surface area contributed by atoms with Gasteiger partial charge >= 0.3 is 6.18 Å². The van der Waals surface area contributed by atoms with Crippen molar-refractivity contribution < 1.29 is 13.2 Å². The summed E-state index contributed by atoms with van der Waals surface area (Å²) >= 11 is 0. The van der Waals surface area contributed by atoms with Crippen LogP contribution in [0.3, 0.4) is 0 Å². The Hall–Kier alpha value is -0.250. The lowest BCUT2D eigenvalue weighted by molar-refractivity contribution is -0.135. The highest BCUT2D eigenvalue weighted by molar-refractivity contribution is 4.64. The smallest absolute Gasteiger partial charge is 0.316 e. The molecule has 14 heavy (non-hydrogen) atoms. The molecule has 0 aliphatic rings. The average molecular weight is 211 g/mol. The third-order valence-corrected chi connectivity index (χ3v) is 1.72. The van der Waals surface area contributed by atoms with Gasteiger partial charge in [0, 0.05) is 6.42 Å². The normalized spacial score (nSPS) is 13.3. The molecule has 0 aromatic carbocycles. The Morgan fingerprint density at radius 3 is 2.00 bits per heavy atom. The summed E-state index contributed by atoms with van der Waals surface area (Å²) < 4.78 is 35.2. The van der Waals surface area contributed by atoms with Gasteiger partial charge in [-0.3, -0.25) is 0 Å². The molecule has 0 aromatic rings. The highest BCUT2D eigenvalue weighted by Gasteiger charge is 2.25. The largest absolute Gasteiger partial charge is 0.389 e. The van der Waals surface area contributed by atoms with Crippen LogP contribution in [-0.2, 0) is 0 Å². The first-order valence-electron chi connectivity index (χ1n) is 4.98. The SMILES string of the molecule is CC(C)(C)CNCCCCC(F)(F)F. The molecule has 4 heteroatoms. The van der Waals surface area contributed by atoms with E-state index in [0.717, 1.165) is 6.54 Å². The lowest BCUT2D eigenvalue weighted by atomic mass is 9.97. The lowest BCUT2D eigenvalue weighted by Gasteiger charge is -2.18. The fraction of sp³-hybridized carbons (Fsp3) is 1.00. The van der Waals surface area contributed by atoms with Crippen LogP contribution >= 0.6 is 0 Å². The van der Waals surface area contributed by atoms with E-state index in [1.54, 1.807) is 0 Å². The highest BCUT2D eigenvalue weighted by Crippen LogP contribution is 2.21. The van der Waals surface area contributed by atoms with E-state index in [9.17, 15) is 13.2 Å². The molecular weight excluding hydrogens is 191 g/mol. The molecule has 0 aliphatic carbocycles. The van der Waals surface area contributed by atoms with Crippen LogP contribution in [0.15, 0.2) is 0 Å². The third-order valence-electron chi connectivity index (χ3n) is 1.72. The van der Waals surface area contributed by atoms with Crippen LogP contribution in [-0.4, -0.2) is 19.3 Å². The minimum atomic E-state index is -4.00. The first-order chi connectivity index (χ1) is 6.21. The van der Waals surface area contributed by atoms with E-state index in [4.69, 9.17) is 0 Å². The zero-order chi connectivity index (χ0) is 11.2. The topological polar surface area (TPSA) is 12.0 Å². The van der Waals surface area contributed by atoms with Crippen LogP contribution in [0.5, 0.6) is 0 Å². The summed E-state index contributed by atoms with van der Waals surface area (Å²) in [6, 6.07) is 0. The van der Waals surface area contributed by atoms with E-state index in [1.807, 2.05) is 0 Å². The zero-order valence-corrected chi connectivity index (χ0v) is 9.17. The van der Waals surface area contributed by atoms with E-state index >= 15 is 0 Å². The summed E-state index contributed by atoms with van der Waals surface area (Å²) in [5, 5.41) is 3.14. The summed E-state index contributed by atoms with van der Waals surface area (Å²) in [6.45, 7) is 7.80. The van der Waals surface area contributed by atoms with Crippen molar-refractivity contribution >= 4 is 0 Å². The number of nitrogens with one attached hydrogen (secondary N) is 1. The first kappa shape index (κ1) is 13.8. The Morgan fingerprint density at radius 1 is 1.00 bits per heavy atom. The average Bonchev–Trinajstić information content (AvgIpc) is 1.92. The van der Waals surface area contributed by atoms with Crippen LogP contribution in [0.1, 0.15) is 40.0 Å². The van der Waals surface area contributed by atoms with Crippen molar-refractivity contribution in [2.45, 2.75) is 46.2 Å². The van der Waals surface area contributed by atoms with Crippen LogP contribution in [0.2, 0.25) is 0 Å². The van der Waals surface area contributed by atoms with Crippen LogP contribution < -0.4 is 5.32 Å². The summed E-state index contributed by atoms with van der Waals surface area (Å²) in [4.78, 5) is 0. The van der Waals surface area contributed by atoms with Gasteiger partial charge in [-0.25, -0.2) is 0 Å². The van der Waals surface area contributed by atoms with Crippen molar-refractivity contribution in [1.82, 2.24) is 5.32 Å². The molecule has 0 spiro atoms. The molecule has 0 saturated heterocycles. The van der Waals surface area contributed by atoms with Gasteiger partial charge in [-0.2, -0.15) is 13.2 Å². The number of hydrogen-bond acceptors (Lipinski definition) is 1. The van der Waals surface area contributed by atoms with E-state index in [1.165, 1.54) is 0 Å². The quantitative estimate of drug-likeness (QED) is 0.687. The van der Waals surface area contributed by atoms with Crippen molar-refractivity contribution in [2.24, 2.45) is 5.41 Å². The maximum atomic E-state index is 11.7. The summed E-state index contributed by atoms with van der Waals surface area (Å²) in [5.41, 5.74) is 0.198. The molecule has 0 fully saturated rings. The number of unbranched alkanes of at least 4 members (excludes halogenated alkanes) is 1. The minimum Gasteiger partial charge on any atom is -0.316 e. The Labute approximate surface area is 84.1 Å². The van der Waals surface area contributed by atoms with Gasteiger partial charge in [0.05, 0.1) is 0 Å². The standard InChI is InChI=1S/C10H20F3N/c1-9(2,3)8-14-7-5-4-6-10(11,12)13/h14H,4-8H2,1-3H3. The summed E-state index contributed by atoms with van der Waals surface area (Å²) in [7, 11) is 0. The molecule has 0 amide bonds. The number of alkyl halides is 3. The molecular formula is C10H20F3N. The predicted octanol–water partition coefficient (Wildman–Crippen LogP) is 3.35. The molecule has 0 saturated carbocycles. The number of hydrogen-bond donors (Lipinski definition) is 1. The van der Waals surface area contributed by atoms with Crippen molar-refractivity contribution in [3.63, 3.8) is 0 Å². The van der Waals surface area contributed by atoms with Gasteiger partial charge in [0.2, 0.25) is 0 Å².